The Kier molecular flexibility index (Phi) is 4.15. The second kappa shape index (κ2) is 5.68. The van der Waals surface area contributed by atoms with E-state index in [1.165, 1.54) is 11.0 Å². The number of guanidine groups is 1. The number of nitrogens with zero attached hydrogens (tertiary/aromatic N) is 2. The second-order valence-corrected chi connectivity index (χ2v) is 5.07. The van der Waals surface area contributed by atoms with Gasteiger partial charge in [-0.2, -0.15) is 0 Å². The Morgan fingerprint density at radius 3 is 2.55 bits per heavy atom. The van der Waals surface area contributed by atoms with Gasteiger partial charge in [0.2, 0.25) is 5.96 Å². The Morgan fingerprint density at radius 1 is 1.40 bits per heavy atom. The van der Waals surface area contributed by atoms with Crippen LogP contribution in [0.4, 0.5) is 5.69 Å². The Balaban J connectivity index is 2.41. The zero-order valence-electron chi connectivity index (χ0n) is 10.4. The van der Waals surface area contributed by atoms with Crippen LogP contribution in [0.15, 0.2) is 23.2 Å². The average Bonchev–Trinajstić information content (AvgIpc) is 2.61. The number of benzene rings is 1. The van der Waals surface area contributed by atoms with Crippen LogP contribution in [0.5, 0.6) is 0 Å². The third-order valence-corrected chi connectivity index (χ3v) is 3.05. The van der Waals surface area contributed by atoms with Crippen LogP contribution in [-0.4, -0.2) is 35.5 Å². The fraction of sp³-hybridized carbons (Fsp3) is 0.250. The molecule has 2 N–H and O–H groups in total. The molecule has 6 nitrogen and oxygen atoms in total. The Bertz CT molecular complexity index is 583. The molecule has 1 aliphatic heterocycles. The summed E-state index contributed by atoms with van der Waals surface area (Å²) in [7, 11) is 0. The van der Waals surface area contributed by atoms with Gasteiger partial charge in [-0.25, -0.2) is 9.89 Å². The highest BCUT2D eigenvalue weighted by molar-refractivity contribution is 6.35. The maximum absolute atomic E-state index is 12.1. The van der Waals surface area contributed by atoms with E-state index in [1.807, 2.05) is 0 Å². The van der Waals surface area contributed by atoms with E-state index in [0.717, 1.165) is 0 Å². The van der Waals surface area contributed by atoms with Crippen molar-refractivity contribution in [3.05, 3.63) is 28.2 Å². The van der Waals surface area contributed by atoms with Crippen LogP contribution in [-0.2, 0) is 9.59 Å². The average molecular weight is 316 g/mol. The summed E-state index contributed by atoms with van der Waals surface area (Å²) in [4.78, 5) is 27.9. The number of halogens is 2. The summed E-state index contributed by atoms with van der Waals surface area (Å²) in [6, 6.07) is 4.15. The minimum Gasteiger partial charge on any atom is -0.480 e. The molecule has 1 fully saturated rings. The molecule has 8 heteroatoms. The quantitative estimate of drug-likeness (QED) is 0.890. The zero-order valence-corrected chi connectivity index (χ0v) is 11.9. The third-order valence-electron chi connectivity index (χ3n) is 2.62. The first-order chi connectivity index (χ1) is 9.38. The van der Waals surface area contributed by atoms with Gasteiger partial charge in [0.05, 0.1) is 5.69 Å². The molecule has 1 aromatic rings. The summed E-state index contributed by atoms with van der Waals surface area (Å²) in [6.07, 6.45) is 0. The molecule has 1 amide bonds. The number of anilines is 1. The molecule has 1 atom stereocenters. The van der Waals surface area contributed by atoms with Crippen LogP contribution in [0.25, 0.3) is 0 Å². The molecule has 1 aromatic carbocycles. The Labute approximate surface area is 125 Å². The van der Waals surface area contributed by atoms with E-state index in [9.17, 15) is 9.59 Å². The minimum absolute atomic E-state index is 0.170. The normalized spacial score (nSPS) is 20.4. The SMILES string of the molecule is CC1NC(=NCC(=O)O)N(c2cc(Cl)cc(Cl)c2)C1=O. The number of hydrogen-bond donors (Lipinski definition) is 2. The number of nitrogens with one attached hydrogen (secondary N) is 1. The molecule has 0 radical (unpaired) electrons. The minimum atomic E-state index is -1.09. The van der Waals surface area contributed by atoms with Crippen molar-refractivity contribution in [1.82, 2.24) is 5.32 Å². The molecule has 2 rings (SSSR count). The zero-order chi connectivity index (χ0) is 14.9. The predicted molar refractivity (Wildman–Crippen MR) is 76.5 cm³/mol. The fourth-order valence-electron chi connectivity index (χ4n) is 1.79. The molecular formula is C12H11Cl2N3O3. The number of aliphatic carboxylic acids is 1. The van der Waals surface area contributed by atoms with Gasteiger partial charge in [-0.15, -0.1) is 0 Å². The van der Waals surface area contributed by atoms with Crippen LogP contribution in [0.2, 0.25) is 10.0 Å². The van der Waals surface area contributed by atoms with Crippen molar-refractivity contribution in [2.45, 2.75) is 13.0 Å². The van der Waals surface area contributed by atoms with Crippen molar-refractivity contribution in [2.75, 3.05) is 11.4 Å². The van der Waals surface area contributed by atoms with Crippen molar-refractivity contribution in [2.24, 2.45) is 4.99 Å². The summed E-state index contributed by atoms with van der Waals surface area (Å²) in [6.45, 7) is 1.22. The van der Waals surface area contributed by atoms with E-state index in [-0.39, 0.29) is 11.9 Å². The van der Waals surface area contributed by atoms with Crippen LogP contribution in [0.1, 0.15) is 6.92 Å². The molecule has 1 saturated heterocycles. The molecule has 0 spiro atoms. The highest BCUT2D eigenvalue weighted by atomic mass is 35.5. The van der Waals surface area contributed by atoms with Crippen molar-refractivity contribution in [3.8, 4) is 0 Å². The van der Waals surface area contributed by atoms with Gasteiger partial charge in [-0.1, -0.05) is 23.2 Å². The van der Waals surface area contributed by atoms with E-state index in [2.05, 4.69) is 10.3 Å². The lowest BCUT2D eigenvalue weighted by Gasteiger charge is -2.16. The smallest absolute Gasteiger partial charge is 0.325 e. The summed E-state index contributed by atoms with van der Waals surface area (Å²) >= 11 is 11.8. The molecule has 1 aliphatic rings. The maximum atomic E-state index is 12.1. The molecule has 0 aliphatic carbocycles. The predicted octanol–water partition coefficient (Wildman–Crippen LogP) is 1.76. The standard InChI is InChI=1S/C12H11Cl2N3O3/c1-6-11(20)17(12(16-6)15-5-10(18)19)9-3-7(13)2-8(14)4-9/h2-4,6H,5H2,1H3,(H,15,16)(H,18,19). The van der Waals surface area contributed by atoms with E-state index < -0.39 is 18.6 Å². The molecule has 1 heterocycles. The number of carbonyl (C=O) groups excluding carboxylic acids is 1. The van der Waals surface area contributed by atoms with Gasteiger partial charge in [0, 0.05) is 10.0 Å². The number of carboxylic acids is 1. The van der Waals surface area contributed by atoms with E-state index in [4.69, 9.17) is 28.3 Å². The number of rotatable bonds is 3. The van der Waals surface area contributed by atoms with Crippen molar-refractivity contribution in [1.29, 1.82) is 0 Å². The largest absolute Gasteiger partial charge is 0.480 e. The van der Waals surface area contributed by atoms with Crippen molar-refractivity contribution >= 4 is 46.7 Å². The van der Waals surface area contributed by atoms with Crippen molar-refractivity contribution < 1.29 is 14.7 Å². The van der Waals surface area contributed by atoms with Crippen LogP contribution >= 0.6 is 23.2 Å². The van der Waals surface area contributed by atoms with E-state index >= 15 is 0 Å². The van der Waals surface area contributed by atoms with Gasteiger partial charge >= 0.3 is 5.97 Å². The summed E-state index contributed by atoms with van der Waals surface area (Å²) in [5.74, 6) is -1.17. The van der Waals surface area contributed by atoms with Crippen LogP contribution in [0, 0.1) is 0 Å². The highest BCUT2D eigenvalue weighted by Gasteiger charge is 2.34. The Morgan fingerprint density at radius 2 is 2.00 bits per heavy atom. The second-order valence-electron chi connectivity index (χ2n) is 4.20. The maximum Gasteiger partial charge on any atom is 0.325 e. The molecular weight excluding hydrogens is 305 g/mol. The van der Waals surface area contributed by atoms with Gasteiger partial charge in [0.15, 0.2) is 0 Å². The Hall–Kier alpha value is -1.79. The van der Waals surface area contributed by atoms with Gasteiger partial charge in [0.25, 0.3) is 5.91 Å². The molecule has 1 unspecified atom stereocenters. The van der Waals surface area contributed by atoms with Gasteiger partial charge in [0.1, 0.15) is 12.6 Å². The number of carboxylic acid groups (broad SMARTS) is 1. The molecule has 0 saturated carbocycles. The van der Waals surface area contributed by atoms with Gasteiger partial charge in [-0.3, -0.25) is 9.59 Å². The lowest BCUT2D eigenvalue weighted by atomic mass is 10.2. The number of amides is 1. The fourth-order valence-corrected chi connectivity index (χ4v) is 2.31. The van der Waals surface area contributed by atoms with E-state index in [0.29, 0.717) is 15.7 Å². The highest BCUT2D eigenvalue weighted by Crippen LogP contribution is 2.27. The molecule has 106 valence electrons. The van der Waals surface area contributed by atoms with Gasteiger partial charge < -0.3 is 10.4 Å². The van der Waals surface area contributed by atoms with E-state index in [1.54, 1.807) is 19.1 Å². The first-order valence-electron chi connectivity index (χ1n) is 5.71. The monoisotopic (exact) mass is 315 g/mol. The molecule has 0 bridgehead atoms. The lowest BCUT2D eigenvalue weighted by Crippen LogP contribution is -2.33. The summed E-state index contributed by atoms with van der Waals surface area (Å²) in [5.41, 5.74) is 0.438. The first-order valence-corrected chi connectivity index (χ1v) is 6.47. The lowest BCUT2D eigenvalue weighted by molar-refractivity contribution is -0.135. The molecule has 0 aromatic heterocycles. The number of hydrogen-bond acceptors (Lipinski definition) is 3. The number of aliphatic imine (C=N–C) groups is 1. The summed E-state index contributed by atoms with van der Waals surface area (Å²) < 4.78 is 0. The van der Waals surface area contributed by atoms with Crippen molar-refractivity contribution in [3.63, 3.8) is 0 Å². The van der Waals surface area contributed by atoms with Crippen LogP contribution < -0.4 is 10.2 Å². The molecule has 20 heavy (non-hydrogen) atoms. The van der Waals surface area contributed by atoms with Crippen LogP contribution in [0.3, 0.4) is 0 Å². The summed E-state index contributed by atoms with van der Waals surface area (Å²) in [5, 5.41) is 12.2. The van der Waals surface area contributed by atoms with Gasteiger partial charge in [-0.05, 0) is 25.1 Å². The first kappa shape index (κ1) is 14.6. The third kappa shape index (κ3) is 3.02. The number of carbonyl (C=O) groups is 2. The topological polar surface area (TPSA) is 82.0 Å².